The second-order valence-electron chi connectivity index (χ2n) is 5.27. The van der Waals surface area contributed by atoms with Crippen LogP contribution in [0.2, 0.25) is 0 Å². The standard InChI is InChI=1S/C12H23NO4S/c1-10(12(14)15)9-13(2)18(16,17)8-7-11-5-3-4-6-11/h10-11H,3-9H2,1-2H3,(H,14,15). The molecule has 1 N–H and O–H groups in total. The van der Waals surface area contributed by atoms with Crippen molar-refractivity contribution in [2.24, 2.45) is 11.8 Å². The lowest BCUT2D eigenvalue weighted by atomic mass is 10.1. The second kappa shape index (κ2) is 6.52. The zero-order valence-electron chi connectivity index (χ0n) is 11.1. The number of sulfonamides is 1. The first-order chi connectivity index (χ1) is 8.33. The maximum atomic E-state index is 12.0. The molecule has 1 fully saturated rings. The summed E-state index contributed by atoms with van der Waals surface area (Å²) in [5.41, 5.74) is 0. The molecule has 0 aliphatic heterocycles. The lowest BCUT2D eigenvalue weighted by molar-refractivity contribution is -0.141. The average Bonchev–Trinajstić information content (AvgIpc) is 2.79. The molecule has 1 atom stereocenters. The van der Waals surface area contributed by atoms with E-state index in [1.807, 2.05) is 0 Å². The molecule has 106 valence electrons. The molecule has 0 aromatic heterocycles. The smallest absolute Gasteiger partial charge is 0.307 e. The van der Waals surface area contributed by atoms with Crippen molar-refractivity contribution >= 4 is 16.0 Å². The van der Waals surface area contributed by atoms with Gasteiger partial charge in [-0.2, -0.15) is 0 Å². The molecule has 0 amide bonds. The number of carboxylic acid groups (broad SMARTS) is 1. The average molecular weight is 277 g/mol. The Balaban J connectivity index is 2.43. The third-order valence-corrected chi connectivity index (χ3v) is 5.54. The van der Waals surface area contributed by atoms with Gasteiger partial charge >= 0.3 is 5.97 Å². The molecule has 1 saturated carbocycles. The summed E-state index contributed by atoms with van der Waals surface area (Å²) in [4.78, 5) is 10.7. The summed E-state index contributed by atoms with van der Waals surface area (Å²) in [6, 6.07) is 0. The number of rotatable bonds is 7. The van der Waals surface area contributed by atoms with Crippen LogP contribution in [0.5, 0.6) is 0 Å². The van der Waals surface area contributed by atoms with E-state index < -0.39 is 21.9 Å². The van der Waals surface area contributed by atoms with Gasteiger partial charge in [-0.3, -0.25) is 4.79 Å². The van der Waals surface area contributed by atoms with E-state index in [4.69, 9.17) is 5.11 Å². The number of aliphatic carboxylic acids is 1. The van der Waals surface area contributed by atoms with Crippen LogP contribution in [0, 0.1) is 11.8 Å². The highest BCUT2D eigenvalue weighted by atomic mass is 32.2. The Hall–Kier alpha value is -0.620. The molecule has 0 bridgehead atoms. The van der Waals surface area contributed by atoms with Crippen LogP contribution in [0.1, 0.15) is 39.0 Å². The van der Waals surface area contributed by atoms with Gasteiger partial charge in [-0.05, 0) is 12.3 Å². The number of hydrogen-bond acceptors (Lipinski definition) is 3. The molecular weight excluding hydrogens is 254 g/mol. The van der Waals surface area contributed by atoms with Crippen LogP contribution in [-0.2, 0) is 14.8 Å². The van der Waals surface area contributed by atoms with E-state index in [9.17, 15) is 13.2 Å². The van der Waals surface area contributed by atoms with Crippen molar-refractivity contribution in [1.82, 2.24) is 4.31 Å². The molecule has 0 spiro atoms. The summed E-state index contributed by atoms with van der Waals surface area (Å²) in [5, 5.41) is 8.78. The van der Waals surface area contributed by atoms with Crippen molar-refractivity contribution in [3.63, 3.8) is 0 Å². The van der Waals surface area contributed by atoms with Gasteiger partial charge in [0.2, 0.25) is 10.0 Å². The SMILES string of the molecule is CC(CN(C)S(=O)(=O)CCC1CCCC1)C(=O)O. The van der Waals surface area contributed by atoms with Crippen molar-refractivity contribution < 1.29 is 18.3 Å². The van der Waals surface area contributed by atoms with Crippen molar-refractivity contribution in [2.75, 3.05) is 19.3 Å². The lowest BCUT2D eigenvalue weighted by Gasteiger charge is -2.20. The Morgan fingerprint density at radius 2 is 1.94 bits per heavy atom. The predicted octanol–water partition coefficient (Wildman–Crippen LogP) is 1.55. The van der Waals surface area contributed by atoms with E-state index in [1.54, 1.807) is 0 Å². The molecule has 6 heteroatoms. The van der Waals surface area contributed by atoms with Crippen molar-refractivity contribution in [3.05, 3.63) is 0 Å². The Labute approximate surface area is 109 Å². The predicted molar refractivity (Wildman–Crippen MR) is 69.8 cm³/mol. The Kier molecular flexibility index (Phi) is 5.59. The van der Waals surface area contributed by atoms with Crippen LogP contribution in [-0.4, -0.2) is 43.1 Å². The van der Waals surface area contributed by atoms with Gasteiger partial charge in [0.05, 0.1) is 11.7 Å². The summed E-state index contributed by atoms with van der Waals surface area (Å²) < 4.78 is 25.1. The minimum Gasteiger partial charge on any atom is -0.481 e. The number of hydrogen-bond donors (Lipinski definition) is 1. The summed E-state index contributed by atoms with van der Waals surface area (Å²) in [6.07, 6.45) is 5.37. The normalized spacial score (nSPS) is 19.3. The van der Waals surface area contributed by atoms with E-state index in [2.05, 4.69) is 0 Å². The maximum absolute atomic E-state index is 12.0. The number of carbonyl (C=O) groups is 1. The number of carboxylic acids is 1. The maximum Gasteiger partial charge on any atom is 0.307 e. The molecular formula is C12H23NO4S. The summed E-state index contributed by atoms with van der Waals surface area (Å²) in [7, 11) is -1.84. The van der Waals surface area contributed by atoms with Crippen molar-refractivity contribution in [2.45, 2.75) is 39.0 Å². The minimum absolute atomic E-state index is 0.0440. The van der Waals surface area contributed by atoms with Gasteiger partial charge < -0.3 is 5.11 Å². The van der Waals surface area contributed by atoms with Crippen LogP contribution in [0.4, 0.5) is 0 Å². The Morgan fingerprint density at radius 1 is 1.39 bits per heavy atom. The van der Waals surface area contributed by atoms with E-state index in [0.717, 1.165) is 12.8 Å². The molecule has 1 unspecified atom stereocenters. The van der Waals surface area contributed by atoms with Gasteiger partial charge in [0.25, 0.3) is 0 Å². The molecule has 0 heterocycles. The summed E-state index contributed by atoms with van der Waals surface area (Å²) in [6.45, 7) is 1.56. The number of nitrogens with zero attached hydrogens (tertiary/aromatic N) is 1. The molecule has 1 aliphatic carbocycles. The van der Waals surface area contributed by atoms with Crippen molar-refractivity contribution in [1.29, 1.82) is 0 Å². The van der Waals surface area contributed by atoms with Crippen molar-refractivity contribution in [3.8, 4) is 0 Å². The van der Waals surface area contributed by atoms with Gasteiger partial charge in [0.1, 0.15) is 0 Å². The van der Waals surface area contributed by atoms with E-state index in [1.165, 1.54) is 31.1 Å². The highest BCUT2D eigenvalue weighted by Gasteiger charge is 2.24. The van der Waals surface area contributed by atoms with Gasteiger partial charge in [-0.15, -0.1) is 0 Å². The molecule has 0 aromatic carbocycles. The second-order valence-corrected chi connectivity index (χ2v) is 7.47. The third kappa shape index (κ3) is 4.57. The quantitative estimate of drug-likeness (QED) is 0.766. The lowest BCUT2D eigenvalue weighted by Crippen LogP contribution is -2.35. The van der Waals surface area contributed by atoms with E-state index in [0.29, 0.717) is 12.3 Å². The van der Waals surface area contributed by atoms with Crippen LogP contribution in [0.15, 0.2) is 0 Å². The fraction of sp³-hybridized carbons (Fsp3) is 0.917. The zero-order valence-corrected chi connectivity index (χ0v) is 11.9. The fourth-order valence-electron chi connectivity index (χ4n) is 2.35. The fourth-order valence-corrected chi connectivity index (χ4v) is 3.74. The van der Waals surface area contributed by atoms with Crippen LogP contribution < -0.4 is 0 Å². The topological polar surface area (TPSA) is 74.7 Å². The van der Waals surface area contributed by atoms with E-state index >= 15 is 0 Å². The highest BCUT2D eigenvalue weighted by Crippen LogP contribution is 2.28. The van der Waals surface area contributed by atoms with Gasteiger partial charge in [-0.25, -0.2) is 12.7 Å². The molecule has 1 aliphatic rings. The first-order valence-electron chi connectivity index (χ1n) is 6.49. The van der Waals surface area contributed by atoms with Gasteiger partial charge in [0.15, 0.2) is 0 Å². The molecule has 0 aromatic rings. The first kappa shape index (κ1) is 15.4. The van der Waals surface area contributed by atoms with Crippen LogP contribution >= 0.6 is 0 Å². The summed E-state index contributed by atoms with van der Waals surface area (Å²) in [5.74, 6) is -0.963. The first-order valence-corrected chi connectivity index (χ1v) is 8.10. The zero-order chi connectivity index (χ0) is 13.8. The third-order valence-electron chi connectivity index (χ3n) is 3.69. The molecule has 1 rings (SSSR count). The monoisotopic (exact) mass is 277 g/mol. The Bertz CT molecular complexity index is 374. The van der Waals surface area contributed by atoms with Gasteiger partial charge in [0, 0.05) is 13.6 Å². The van der Waals surface area contributed by atoms with Crippen LogP contribution in [0.25, 0.3) is 0 Å². The van der Waals surface area contributed by atoms with E-state index in [-0.39, 0.29) is 12.3 Å². The minimum atomic E-state index is -3.31. The molecule has 0 saturated heterocycles. The van der Waals surface area contributed by atoms with Gasteiger partial charge in [-0.1, -0.05) is 32.6 Å². The van der Waals surface area contributed by atoms with Crippen LogP contribution in [0.3, 0.4) is 0 Å². The molecule has 18 heavy (non-hydrogen) atoms. The highest BCUT2D eigenvalue weighted by molar-refractivity contribution is 7.89. The molecule has 0 radical (unpaired) electrons. The molecule has 5 nitrogen and oxygen atoms in total. The Morgan fingerprint density at radius 3 is 2.44 bits per heavy atom. The largest absolute Gasteiger partial charge is 0.481 e. The summed E-state index contributed by atoms with van der Waals surface area (Å²) >= 11 is 0.